The number of esters is 1. The van der Waals surface area contributed by atoms with Gasteiger partial charge in [0.25, 0.3) is 0 Å². The second-order valence-electron chi connectivity index (χ2n) is 5.42. The molecule has 1 N–H and O–H groups in total. The first-order valence-electron chi connectivity index (χ1n) is 7.44. The van der Waals surface area contributed by atoms with Gasteiger partial charge in [-0.05, 0) is 50.3 Å². The second kappa shape index (κ2) is 8.02. The lowest BCUT2D eigenvalue weighted by atomic mass is 9.86. The minimum Gasteiger partial charge on any atom is -0.466 e. The van der Waals surface area contributed by atoms with Gasteiger partial charge in [0.2, 0.25) is 0 Å². The molecule has 2 rings (SSSR count). The molecule has 1 saturated carbocycles. The maximum absolute atomic E-state index is 11.7. The molecule has 0 radical (unpaired) electrons. The Hall–Kier alpha value is -0.770. The van der Waals surface area contributed by atoms with Gasteiger partial charge in [-0.1, -0.05) is 29.3 Å². The number of ether oxygens (including phenoxy) is 1. The molecule has 0 amide bonds. The van der Waals surface area contributed by atoms with Gasteiger partial charge < -0.3 is 10.1 Å². The number of nitrogens with one attached hydrogen (secondary N) is 1. The molecule has 0 atom stereocenters. The number of benzene rings is 1. The van der Waals surface area contributed by atoms with E-state index in [4.69, 9.17) is 27.9 Å². The van der Waals surface area contributed by atoms with Crippen molar-refractivity contribution in [3.8, 4) is 0 Å². The van der Waals surface area contributed by atoms with Crippen LogP contribution in [0.25, 0.3) is 0 Å². The number of hydrogen-bond donors (Lipinski definition) is 1. The molecule has 0 aliphatic heterocycles. The van der Waals surface area contributed by atoms with E-state index in [1.54, 1.807) is 6.07 Å². The predicted molar refractivity (Wildman–Crippen MR) is 85.7 cm³/mol. The highest BCUT2D eigenvalue weighted by Crippen LogP contribution is 2.26. The summed E-state index contributed by atoms with van der Waals surface area (Å²) >= 11 is 12.0. The van der Waals surface area contributed by atoms with E-state index in [1.165, 1.54) is 0 Å². The lowest BCUT2D eigenvalue weighted by Crippen LogP contribution is -2.35. The summed E-state index contributed by atoms with van der Waals surface area (Å²) in [6.45, 7) is 3.04. The molecule has 0 heterocycles. The van der Waals surface area contributed by atoms with Crippen LogP contribution in [-0.2, 0) is 16.1 Å². The highest BCUT2D eigenvalue weighted by molar-refractivity contribution is 6.35. The van der Waals surface area contributed by atoms with Crippen molar-refractivity contribution < 1.29 is 9.53 Å². The summed E-state index contributed by atoms with van der Waals surface area (Å²) in [6, 6.07) is 5.99. The normalized spacial score (nSPS) is 22.0. The number of halogens is 2. The van der Waals surface area contributed by atoms with Crippen molar-refractivity contribution in [2.45, 2.75) is 45.2 Å². The molecule has 1 aliphatic carbocycles. The third-order valence-corrected chi connectivity index (χ3v) is 4.53. The van der Waals surface area contributed by atoms with Gasteiger partial charge in [-0.15, -0.1) is 0 Å². The molecule has 1 aliphatic rings. The molecule has 21 heavy (non-hydrogen) atoms. The van der Waals surface area contributed by atoms with E-state index in [9.17, 15) is 4.79 Å². The second-order valence-corrected chi connectivity index (χ2v) is 6.26. The molecule has 0 spiro atoms. The summed E-state index contributed by atoms with van der Waals surface area (Å²) in [5, 5.41) is 4.85. The van der Waals surface area contributed by atoms with Crippen LogP contribution in [0.5, 0.6) is 0 Å². The Morgan fingerprint density at radius 3 is 2.62 bits per heavy atom. The van der Waals surface area contributed by atoms with E-state index >= 15 is 0 Å². The number of carbonyl (C=O) groups excluding carboxylic acids is 1. The molecule has 0 bridgehead atoms. The van der Waals surface area contributed by atoms with Crippen LogP contribution in [-0.4, -0.2) is 18.6 Å². The van der Waals surface area contributed by atoms with Crippen LogP contribution in [0.15, 0.2) is 18.2 Å². The smallest absolute Gasteiger partial charge is 0.308 e. The Morgan fingerprint density at radius 1 is 1.29 bits per heavy atom. The quantitative estimate of drug-likeness (QED) is 0.822. The van der Waals surface area contributed by atoms with Gasteiger partial charge in [0.05, 0.1) is 12.5 Å². The summed E-state index contributed by atoms with van der Waals surface area (Å²) in [5.41, 5.74) is 1.05. The average Bonchev–Trinajstić information content (AvgIpc) is 2.47. The molecule has 1 fully saturated rings. The maximum atomic E-state index is 11.7. The van der Waals surface area contributed by atoms with Crippen molar-refractivity contribution >= 4 is 29.2 Å². The van der Waals surface area contributed by atoms with Gasteiger partial charge >= 0.3 is 5.97 Å². The van der Waals surface area contributed by atoms with Crippen LogP contribution in [0.2, 0.25) is 10.0 Å². The molecule has 0 saturated heterocycles. The molecular weight excluding hydrogens is 309 g/mol. The molecule has 3 nitrogen and oxygen atoms in total. The van der Waals surface area contributed by atoms with Crippen LogP contribution >= 0.6 is 23.2 Å². The Kier molecular flexibility index (Phi) is 6.34. The van der Waals surface area contributed by atoms with Gasteiger partial charge in [0.1, 0.15) is 0 Å². The zero-order chi connectivity index (χ0) is 15.2. The summed E-state index contributed by atoms with van der Waals surface area (Å²) in [7, 11) is 0. The monoisotopic (exact) mass is 329 g/mol. The van der Waals surface area contributed by atoms with Crippen molar-refractivity contribution in [1.29, 1.82) is 0 Å². The number of hydrogen-bond acceptors (Lipinski definition) is 3. The Morgan fingerprint density at radius 2 is 2.00 bits per heavy atom. The van der Waals surface area contributed by atoms with E-state index < -0.39 is 0 Å². The zero-order valence-electron chi connectivity index (χ0n) is 12.2. The topological polar surface area (TPSA) is 38.3 Å². The molecule has 1 aromatic rings. The minimum atomic E-state index is -0.0447. The Labute approximate surface area is 136 Å². The summed E-state index contributed by atoms with van der Waals surface area (Å²) in [4.78, 5) is 11.7. The van der Waals surface area contributed by atoms with Crippen molar-refractivity contribution in [2.75, 3.05) is 6.61 Å². The van der Waals surface area contributed by atoms with Crippen LogP contribution in [0, 0.1) is 5.92 Å². The highest BCUT2D eigenvalue weighted by Gasteiger charge is 2.26. The summed E-state index contributed by atoms with van der Waals surface area (Å²) in [6.07, 6.45) is 3.78. The Balaban J connectivity index is 1.77. The minimum absolute atomic E-state index is 0.0447. The lowest BCUT2D eigenvalue weighted by molar-refractivity contribution is -0.149. The van der Waals surface area contributed by atoms with Crippen molar-refractivity contribution in [3.05, 3.63) is 33.8 Å². The molecule has 116 valence electrons. The van der Waals surface area contributed by atoms with Crippen molar-refractivity contribution in [3.63, 3.8) is 0 Å². The van der Waals surface area contributed by atoms with Gasteiger partial charge in [0.15, 0.2) is 0 Å². The van der Waals surface area contributed by atoms with Crippen molar-refractivity contribution in [2.24, 2.45) is 5.92 Å². The van der Waals surface area contributed by atoms with Crippen molar-refractivity contribution in [1.82, 2.24) is 5.32 Å². The van der Waals surface area contributed by atoms with E-state index in [-0.39, 0.29) is 11.9 Å². The molecule has 5 heteroatoms. The van der Waals surface area contributed by atoms with Crippen LogP contribution < -0.4 is 5.32 Å². The first-order valence-corrected chi connectivity index (χ1v) is 8.19. The molecule has 0 aromatic heterocycles. The van der Waals surface area contributed by atoms with Crippen LogP contribution in [0.3, 0.4) is 0 Å². The molecule has 0 unspecified atom stereocenters. The van der Waals surface area contributed by atoms with Gasteiger partial charge in [-0.2, -0.15) is 0 Å². The van der Waals surface area contributed by atoms with Gasteiger partial charge in [-0.3, -0.25) is 4.79 Å². The zero-order valence-corrected chi connectivity index (χ0v) is 13.7. The fourth-order valence-corrected chi connectivity index (χ4v) is 3.19. The SMILES string of the molecule is CCOC(=O)C1CCC(NCc2ccc(Cl)cc2Cl)CC1. The lowest BCUT2D eigenvalue weighted by Gasteiger charge is -2.28. The number of carbonyl (C=O) groups is 1. The third-order valence-electron chi connectivity index (χ3n) is 3.94. The van der Waals surface area contributed by atoms with Crippen LogP contribution in [0.1, 0.15) is 38.2 Å². The third kappa shape index (κ3) is 4.87. The summed E-state index contributed by atoms with van der Waals surface area (Å²) in [5.74, 6) is 0.0267. The van der Waals surface area contributed by atoms with E-state index in [0.29, 0.717) is 22.7 Å². The van der Waals surface area contributed by atoms with Gasteiger partial charge in [-0.25, -0.2) is 0 Å². The number of rotatable bonds is 5. The predicted octanol–water partition coefficient (Wildman–Crippen LogP) is 4.20. The van der Waals surface area contributed by atoms with Crippen LogP contribution in [0.4, 0.5) is 0 Å². The van der Waals surface area contributed by atoms with Gasteiger partial charge in [0, 0.05) is 22.6 Å². The molecular formula is C16H21Cl2NO2. The highest BCUT2D eigenvalue weighted by atomic mass is 35.5. The largest absolute Gasteiger partial charge is 0.466 e. The first kappa shape index (κ1) is 16.6. The average molecular weight is 330 g/mol. The first-order chi connectivity index (χ1) is 10.1. The standard InChI is InChI=1S/C16H21Cl2NO2/c1-2-21-16(20)11-4-7-14(8-5-11)19-10-12-3-6-13(17)9-15(12)18/h3,6,9,11,14,19H,2,4-5,7-8,10H2,1H3. The fraction of sp³-hybridized carbons (Fsp3) is 0.562. The fourth-order valence-electron chi connectivity index (χ4n) is 2.71. The summed E-state index contributed by atoms with van der Waals surface area (Å²) < 4.78 is 5.08. The maximum Gasteiger partial charge on any atom is 0.308 e. The Bertz CT molecular complexity index is 485. The van der Waals surface area contributed by atoms with E-state index in [1.807, 2.05) is 19.1 Å². The van der Waals surface area contributed by atoms with E-state index in [2.05, 4.69) is 5.32 Å². The van der Waals surface area contributed by atoms with E-state index in [0.717, 1.165) is 37.8 Å². The molecule has 1 aromatic carbocycles.